The Hall–Kier alpha value is -1.94. The first-order chi connectivity index (χ1) is 44.5. The van der Waals surface area contributed by atoms with E-state index >= 15 is 0 Å². The van der Waals surface area contributed by atoms with Crippen molar-refractivity contribution in [1.29, 1.82) is 0 Å². The Balaban J connectivity index is 5.18. The minimum absolute atomic E-state index is 0.106. The summed E-state index contributed by atoms with van der Waals surface area (Å²) in [5, 5.41) is 10.6. The van der Waals surface area contributed by atoms with E-state index in [1.54, 1.807) is 0 Å². The fourth-order valence-electron chi connectivity index (χ4n) is 11.2. The van der Waals surface area contributed by atoms with Crippen LogP contribution in [0.5, 0.6) is 0 Å². The summed E-state index contributed by atoms with van der Waals surface area (Å²) in [6.45, 7) is 7.17. The summed E-state index contributed by atoms with van der Waals surface area (Å²) >= 11 is 0. The quantitative estimate of drug-likeness (QED) is 0.0222. The van der Waals surface area contributed by atoms with Gasteiger partial charge in [-0.25, -0.2) is 9.13 Å². The molecular weight excluding hydrogens is 1210 g/mol. The molecular formula is C73H142O17P2. The average molecular weight is 1350 g/mol. The highest BCUT2D eigenvalue weighted by Crippen LogP contribution is 2.45. The molecule has 0 aromatic carbocycles. The summed E-state index contributed by atoms with van der Waals surface area (Å²) in [6.07, 6.45) is 54.3. The van der Waals surface area contributed by atoms with E-state index in [1.165, 1.54) is 199 Å². The average Bonchev–Trinajstić information content (AvgIpc) is 1.84. The number of esters is 4. The largest absolute Gasteiger partial charge is 0.472 e. The molecule has 5 atom stereocenters. The number of carbonyl (C=O) groups is 4. The zero-order valence-electron chi connectivity index (χ0n) is 59.7. The van der Waals surface area contributed by atoms with E-state index in [0.29, 0.717) is 31.6 Å². The fourth-order valence-corrected chi connectivity index (χ4v) is 12.8. The summed E-state index contributed by atoms with van der Waals surface area (Å²) in [5.74, 6) is -1.44. The normalized spacial score (nSPS) is 14.0. The molecule has 17 nitrogen and oxygen atoms in total. The molecule has 0 saturated carbocycles. The Morgan fingerprint density at radius 2 is 0.500 bits per heavy atom. The van der Waals surface area contributed by atoms with Gasteiger partial charge in [-0.05, 0) is 31.6 Å². The smallest absolute Gasteiger partial charge is 0.462 e. The van der Waals surface area contributed by atoms with Crippen LogP contribution in [0, 0.1) is 5.92 Å². The highest BCUT2D eigenvalue weighted by atomic mass is 31.2. The topological polar surface area (TPSA) is 237 Å². The van der Waals surface area contributed by atoms with Crippen molar-refractivity contribution in [3.05, 3.63) is 0 Å². The van der Waals surface area contributed by atoms with Gasteiger partial charge in [0, 0.05) is 25.7 Å². The molecule has 0 heterocycles. The molecule has 3 N–H and O–H groups in total. The standard InChI is InChI=1S/C73H142O17P2/c1-6-9-12-15-18-21-24-26-27-28-29-30-31-32-34-36-39-42-49-54-59-73(78)89-68(62-83-70(75)56-51-46-40-38-35-33-25-22-19-16-13-10-7-2)64-87-91(79,80)85-60-67(74)61-86-92(81,82)88-65-69(63-84-71(76)57-52-47-44-43-45-50-55-66(4)5)90-72(77)58-53-48-41-37-23-20-17-14-11-8-3/h66-69,74H,6-65H2,1-5H3,(H,79,80)(H,81,82)/t67-,68-,69-/m1/s1. The molecule has 0 aromatic rings. The number of phosphoric acid groups is 2. The summed E-state index contributed by atoms with van der Waals surface area (Å²) in [4.78, 5) is 72.6. The molecule has 92 heavy (non-hydrogen) atoms. The zero-order valence-corrected chi connectivity index (χ0v) is 61.5. The first-order valence-electron chi connectivity index (χ1n) is 38.1. The Morgan fingerprint density at radius 3 is 0.739 bits per heavy atom. The van der Waals surface area contributed by atoms with E-state index in [2.05, 4.69) is 34.6 Å². The zero-order chi connectivity index (χ0) is 67.7. The van der Waals surface area contributed by atoms with Crippen LogP contribution in [-0.4, -0.2) is 96.7 Å². The van der Waals surface area contributed by atoms with Crippen LogP contribution < -0.4 is 0 Å². The first kappa shape index (κ1) is 90.1. The third-order valence-electron chi connectivity index (χ3n) is 17.0. The van der Waals surface area contributed by atoms with Gasteiger partial charge in [-0.1, -0.05) is 330 Å². The van der Waals surface area contributed by atoms with Crippen molar-refractivity contribution in [2.24, 2.45) is 5.92 Å². The van der Waals surface area contributed by atoms with Gasteiger partial charge in [0.1, 0.15) is 19.3 Å². The second kappa shape index (κ2) is 66.3. The molecule has 0 spiro atoms. The van der Waals surface area contributed by atoms with Crippen LogP contribution in [0.3, 0.4) is 0 Å². The fraction of sp³-hybridized carbons (Fsp3) is 0.945. The molecule has 0 amide bonds. The van der Waals surface area contributed by atoms with E-state index in [1.807, 2.05) is 0 Å². The van der Waals surface area contributed by atoms with E-state index in [9.17, 15) is 43.2 Å². The summed E-state index contributed by atoms with van der Waals surface area (Å²) in [7, 11) is -9.90. The SMILES string of the molecule is CCCCCCCCCCCCCCCCCCCCCCC(=O)O[C@H](COC(=O)CCCCCCCCCCCCCCC)COP(=O)(O)OC[C@@H](O)COP(=O)(O)OC[C@@H](COC(=O)CCCCCCCCC(C)C)OC(=O)CCCCCCCCCCCC. The summed E-state index contributed by atoms with van der Waals surface area (Å²) in [5.41, 5.74) is 0. The van der Waals surface area contributed by atoms with Crippen molar-refractivity contribution in [3.63, 3.8) is 0 Å². The summed E-state index contributed by atoms with van der Waals surface area (Å²) < 4.78 is 68.3. The van der Waals surface area contributed by atoms with Crippen molar-refractivity contribution < 1.29 is 80.2 Å². The van der Waals surface area contributed by atoms with Gasteiger partial charge >= 0.3 is 39.5 Å². The van der Waals surface area contributed by atoms with Gasteiger partial charge in [0.25, 0.3) is 0 Å². The first-order valence-corrected chi connectivity index (χ1v) is 41.1. The van der Waals surface area contributed by atoms with Gasteiger partial charge in [-0.15, -0.1) is 0 Å². The van der Waals surface area contributed by atoms with E-state index < -0.39 is 97.5 Å². The Morgan fingerprint density at radius 1 is 0.293 bits per heavy atom. The number of hydrogen-bond donors (Lipinski definition) is 3. The van der Waals surface area contributed by atoms with Gasteiger partial charge in [0.2, 0.25) is 0 Å². The number of phosphoric ester groups is 2. The lowest BCUT2D eigenvalue weighted by Crippen LogP contribution is -2.30. The highest BCUT2D eigenvalue weighted by Gasteiger charge is 2.30. The van der Waals surface area contributed by atoms with Gasteiger partial charge < -0.3 is 33.8 Å². The third-order valence-corrected chi connectivity index (χ3v) is 18.9. The van der Waals surface area contributed by atoms with Crippen molar-refractivity contribution in [3.8, 4) is 0 Å². The molecule has 0 bridgehead atoms. The number of ether oxygens (including phenoxy) is 4. The predicted octanol–water partition coefficient (Wildman–Crippen LogP) is 21.3. The molecule has 0 aliphatic heterocycles. The molecule has 2 unspecified atom stereocenters. The van der Waals surface area contributed by atoms with Crippen molar-refractivity contribution in [2.75, 3.05) is 39.6 Å². The maximum Gasteiger partial charge on any atom is 0.472 e. The molecule has 0 fully saturated rings. The van der Waals surface area contributed by atoms with Crippen LogP contribution in [-0.2, 0) is 65.4 Å². The number of rotatable bonds is 73. The number of hydrogen-bond acceptors (Lipinski definition) is 15. The molecule has 0 saturated heterocycles. The summed E-state index contributed by atoms with van der Waals surface area (Å²) in [6, 6.07) is 0. The lowest BCUT2D eigenvalue weighted by Gasteiger charge is -2.21. The van der Waals surface area contributed by atoms with E-state index in [-0.39, 0.29) is 25.7 Å². The Bertz CT molecular complexity index is 1770. The van der Waals surface area contributed by atoms with Gasteiger partial charge in [0.05, 0.1) is 26.4 Å². The maximum absolute atomic E-state index is 13.1. The third kappa shape index (κ3) is 66.7. The van der Waals surface area contributed by atoms with Crippen molar-refractivity contribution in [1.82, 2.24) is 0 Å². The Labute approximate surface area is 562 Å². The van der Waals surface area contributed by atoms with Gasteiger partial charge in [0.15, 0.2) is 12.2 Å². The molecule has 19 heteroatoms. The maximum atomic E-state index is 13.1. The van der Waals surface area contributed by atoms with Crippen molar-refractivity contribution >= 4 is 39.5 Å². The molecule has 0 rings (SSSR count). The minimum Gasteiger partial charge on any atom is -0.462 e. The Kier molecular flexibility index (Phi) is 64.9. The second-order valence-corrected chi connectivity index (χ2v) is 29.7. The number of aliphatic hydroxyl groups is 1. The van der Waals surface area contributed by atoms with E-state index in [4.69, 9.17) is 37.0 Å². The van der Waals surface area contributed by atoms with Crippen LogP contribution in [0.4, 0.5) is 0 Å². The van der Waals surface area contributed by atoms with Gasteiger partial charge in [-0.3, -0.25) is 37.3 Å². The lowest BCUT2D eigenvalue weighted by molar-refractivity contribution is -0.161. The van der Waals surface area contributed by atoms with E-state index in [0.717, 1.165) is 96.3 Å². The molecule has 0 aliphatic rings. The predicted molar refractivity (Wildman–Crippen MR) is 372 cm³/mol. The van der Waals surface area contributed by atoms with Crippen LogP contribution in [0.15, 0.2) is 0 Å². The molecule has 0 aromatic heterocycles. The van der Waals surface area contributed by atoms with Gasteiger partial charge in [-0.2, -0.15) is 0 Å². The molecule has 0 aliphatic carbocycles. The van der Waals surface area contributed by atoms with Crippen LogP contribution in [0.2, 0.25) is 0 Å². The second-order valence-electron chi connectivity index (χ2n) is 26.8. The number of unbranched alkanes of at least 4 members (excludes halogenated alkanes) is 45. The van der Waals surface area contributed by atoms with Crippen LogP contribution >= 0.6 is 15.6 Å². The number of carbonyl (C=O) groups excluding carboxylic acids is 4. The van der Waals surface area contributed by atoms with Crippen molar-refractivity contribution in [2.45, 2.75) is 400 Å². The molecule has 0 radical (unpaired) electrons. The minimum atomic E-state index is -4.95. The van der Waals surface area contributed by atoms with Crippen LogP contribution in [0.1, 0.15) is 381 Å². The monoisotopic (exact) mass is 1350 g/mol. The molecule has 546 valence electrons. The highest BCUT2D eigenvalue weighted by molar-refractivity contribution is 7.47. The lowest BCUT2D eigenvalue weighted by atomic mass is 10.0. The number of aliphatic hydroxyl groups excluding tert-OH is 1. The van der Waals surface area contributed by atoms with Crippen LogP contribution in [0.25, 0.3) is 0 Å².